The molecule has 0 radical (unpaired) electrons. The summed E-state index contributed by atoms with van der Waals surface area (Å²) >= 11 is 0. The van der Waals surface area contributed by atoms with E-state index in [1.807, 2.05) is 4.90 Å². The Morgan fingerprint density at radius 3 is 3.00 bits per heavy atom. The third-order valence-electron chi connectivity index (χ3n) is 5.30. The van der Waals surface area contributed by atoms with Crippen LogP contribution in [-0.2, 0) is 4.74 Å². The molecule has 2 saturated heterocycles. The van der Waals surface area contributed by atoms with Crippen LogP contribution in [0.15, 0.2) is 18.3 Å². The van der Waals surface area contributed by atoms with E-state index in [4.69, 9.17) is 9.47 Å². The summed E-state index contributed by atoms with van der Waals surface area (Å²) in [6, 6.07) is 3.55. The third kappa shape index (κ3) is 2.58. The zero-order chi connectivity index (χ0) is 15.0. The average molecular weight is 302 g/mol. The van der Waals surface area contributed by atoms with Gasteiger partial charge in [-0.15, -0.1) is 0 Å². The van der Waals surface area contributed by atoms with Crippen LogP contribution in [-0.4, -0.2) is 48.2 Å². The topological polar surface area (TPSA) is 51.7 Å². The highest BCUT2D eigenvalue weighted by atomic mass is 16.5. The van der Waals surface area contributed by atoms with Crippen LogP contribution in [0.25, 0.3) is 0 Å². The molecule has 4 rings (SSSR count). The Morgan fingerprint density at radius 1 is 1.41 bits per heavy atom. The van der Waals surface area contributed by atoms with Crippen LogP contribution in [0, 0.1) is 5.41 Å². The summed E-state index contributed by atoms with van der Waals surface area (Å²) in [7, 11) is 0. The van der Waals surface area contributed by atoms with E-state index in [2.05, 4.69) is 4.98 Å². The lowest BCUT2D eigenvalue weighted by molar-refractivity contribution is 0.0731. The second-order valence-corrected chi connectivity index (χ2v) is 6.82. The van der Waals surface area contributed by atoms with Crippen LogP contribution in [0.1, 0.15) is 42.5 Å². The molecule has 3 heterocycles. The lowest BCUT2D eigenvalue weighted by atomic mass is 9.68. The Labute approximate surface area is 130 Å². The van der Waals surface area contributed by atoms with Crippen molar-refractivity contribution >= 4 is 5.91 Å². The number of aromatic nitrogens is 1. The number of hydrogen-bond donors (Lipinski definition) is 0. The summed E-state index contributed by atoms with van der Waals surface area (Å²) in [4.78, 5) is 18.9. The standard InChI is InChI=1S/C17H22N2O3/c20-16(19-8-6-17(12-19)4-1-5-17)13-2-7-18-15(10-13)22-14-3-9-21-11-14/h2,7,10,14H,1,3-6,8-9,11-12H2/t14-/m1/s1. The van der Waals surface area contributed by atoms with Crippen molar-refractivity contribution in [1.82, 2.24) is 9.88 Å². The smallest absolute Gasteiger partial charge is 0.254 e. The molecule has 0 unspecified atom stereocenters. The molecule has 1 spiro atoms. The molecule has 3 aliphatic rings. The van der Waals surface area contributed by atoms with Gasteiger partial charge in [-0.1, -0.05) is 6.42 Å². The molecule has 1 aromatic rings. The Bertz CT molecular complexity index is 565. The number of likely N-dealkylation sites (tertiary alicyclic amines) is 1. The number of ether oxygens (including phenoxy) is 2. The van der Waals surface area contributed by atoms with Crippen molar-refractivity contribution in [3.63, 3.8) is 0 Å². The first kappa shape index (κ1) is 14.0. The predicted molar refractivity (Wildman–Crippen MR) is 80.9 cm³/mol. The minimum Gasteiger partial charge on any atom is -0.472 e. The molecule has 0 N–H and O–H groups in total. The molecule has 1 saturated carbocycles. The Hall–Kier alpha value is -1.62. The van der Waals surface area contributed by atoms with Gasteiger partial charge in [0, 0.05) is 37.3 Å². The summed E-state index contributed by atoms with van der Waals surface area (Å²) < 4.78 is 11.1. The van der Waals surface area contributed by atoms with Gasteiger partial charge >= 0.3 is 0 Å². The largest absolute Gasteiger partial charge is 0.472 e. The highest BCUT2D eigenvalue weighted by molar-refractivity contribution is 5.94. The maximum Gasteiger partial charge on any atom is 0.254 e. The minimum atomic E-state index is 0.0582. The van der Waals surface area contributed by atoms with E-state index in [0.717, 1.165) is 32.5 Å². The third-order valence-corrected chi connectivity index (χ3v) is 5.30. The van der Waals surface area contributed by atoms with Gasteiger partial charge in [-0.25, -0.2) is 4.98 Å². The van der Waals surface area contributed by atoms with Crippen molar-refractivity contribution in [2.75, 3.05) is 26.3 Å². The maximum atomic E-state index is 12.7. The zero-order valence-electron chi connectivity index (χ0n) is 12.8. The van der Waals surface area contributed by atoms with Gasteiger partial charge in [-0.3, -0.25) is 4.79 Å². The van der Waals surface area contributed by atoms with Crippen LogP contribution in [0.5, 0.6) is 5.88 Å². The molecule has 22 heavy (non-hydrogen) atoms. The molecule has 1 aliphatic carbocycles. The van der Waals surface area contributed by atoms with E-state index in [9.17, 15) is 4.79 Å². The van der Waals surface area contributed by atoms with Gasteiger partial charge in [0.05, 0.1) is 13.2 Å². The van der Waals surface area contributed by atoms with Crippen molar-refractivity contribution in [3.05, 3.63) is 23.9 Å². The molecule has 1 aromatic heterocycles. The van der Waals surface area contributed by atoms with Gasteiger partial charge in [-0.05, 0) is 30.7 Å². The summed E-state index contributed by atoms with van der Waals surface area (Å²) in [6.45, 7) is 3.14. The summed E-state index contributed by atoms with van der Waals surface area (Å²) in [6.07, 6.45) is 7.64. The van der Waals surface area contributed by atoms with Crippen LogP contribution in [0.4, 0.5) is 0 Å². The molecule has 5 nitrogen and oxygen atoms in total. The number of carbonyl (C=O) groups excluding carboxylic acids is 1. The van der Waals surface area contributed by atoms with Gasteiger partial charge in [0.2, 0.25) is 5.88 Å². The highest BCUT2D eigenvalue weighted by Gasteiger charge is 2.44. The van der Waals surface area contributed by atoms with Gasteiger partial charge < -0.3 is 14.4 Å². The Morgan fingerprint density at radius 2 is 2.32 bits per heavy atom. The fourth-order valence-electron chi connectivity index (χ4n) is 3.76. The van der Waals surface area contributed by atoms with E-state index in [1.54, 1.807) is 18.3 Å². The first-order chi connectivity index (χ1) is 10.7. The number of rotatable bonds is 3. The van der Waals surface area contributed by atoms with Crippen molar-refractivity contribution in [3.8, 4) is 5.88 Å². The SMILES string of the molecule is O=C(c1ccnc(O[C@@H]2CCOC2)c1)N1CCC2(CCC2)C1. The van der Waals surface area contributed by atoms with Crippen molar-refractivity contribution in [1.29, 1.82) is 0 Å². The molecule has 118 valence electrons. The van der Waals surface area contributed by atoms with E-state index in [0.29, 0.717) is 23.5 Å². The fourth-order valence-corrected chi connectivity index (χ4v) is 3.76. The summed E-state index contributed by atoms with van der Waals surface area (Å²) in [5.74, 6) is 0.637. The zero-order valence-corrected chi connectivity index (χ0v) is 12.8. The Kier molecular flexibility index (Phi) is 3.53. The molecule has 5 heteroatoms. The lowest BCUT2D eigenvalue weighted by Gasteiger charge is -2.37. The van der Waals surface area contributed by atoms with Crippen LogP contribution >= 0.6 is 0 Å². The normalized spacial score (nSPS) is 26.2. The number of amides is 1. The fraction of sp³-hybridized carbons (Fsp3) is 0.647. The van der Waals surface area contributed by atoms with Gasteiger partial charge in [0.1, 0.15) is 6.10 Å². The predicted octanol–water partition coefficient (Wildman–Crippen LogP) is 2.27. The van der Waals surface area contributed by atoms with Crippen LogP contribution in [0.3, 0.4) is 0 Å². The second kappa shape index (κ2) is 5.54. The first-order valence-corrected chi connectivity index (χ1v) is 8.24. The molecule has 0 aromatic carbocycles. The maximum absolute atomic E-state index is 12.7. The van der Waals surface area contributed by atoms with Crippen LogP contribution in [0.2, 0.25) is 0 Å². The summed E-state index contributed by atoms with van der Waals surface area (Å²) in [5.41, 5.74) is 1.11. The number of nitrogens with zero attached hydrogens (tertiary/aromatic N) is 2. The number of pyridine rings is 1. The Balaban J connectivity index is 1.44. The molecule has 3 fully saturated rings. The van der Waals surface area contributed by atoms with E-state index in [1.165, 1.54) is 19.3 Å². The number of carbonyl (C=O) groups is 1. The molecule has 1 atom stereocenters. The van der Waals surface area contributed by atoms with Crippen molar-refractivity contribution < 1.29 is 14.3 Å². The van der Waals surface area contributed by atoms with Gasteiger partial charge in [0.25, 0.3) is 5.91 Å². The van der Waals surface area contributed by atoms with E-state index < -0.39 is 0 Å². The summed E-state index contributed by atoms with van der Waals surface area (Å²) in [5, 5.41) is 0. The van der Waals surface area contributed by atoms with E-state index in [-0.39, 0.29) is 12.0 Å². The van der Waals surface area contributed by atoms with E-state index >= 15 is 0 Å². The molecule has 2 aliphatic heterocycles. The van der Waals surface area contributed by atoms with Crippen LogP contribution < -0.4 is 4.74 Å². The van der Waals surface area contributed by atoms with Crippen molar-refractivity contribution in [2.24, 2.45) is 5.41 Å². The first-order valence-electron chi connectivity index (χ1n) is 8.24. The van der Waals surface area contributed by atoms with Gasteiger partial charge in [0.15, 0.2) is 0 Å². The lowest BCUT2D eigenvalue weighted by Crippen LogP contribution is -2.35. The second-order valence-electron chi connectivity index (χ2n) is 6.82. The monoisotopic (exact) mass is 302 g/mol. The molecular weight excluding hydrogens is 280 g/mol. The quantitative estimate of drug-likeness (QED) is 0.859. The molecule has 1 amide bonds. The highest BCUT2D eigenvalue weighted by Crippen LogP contribution is 2.48. The molecular formula is C17H22N2O3. The minimum absolute atomic E-state index is 0.0582. The average Bonchev–Trinajstić information content (AvgIpc) is 3.15. The number of hydrogen-bond acceptors (Lipinski definition) is 4. The molecule has 0 bridgehead atoms. The van der Waals surface area contributed by atoms with Crippen molar-refractivity contribution in [2.45, 2.75) is 38.2 Å². The van der Waals surface area contributed by atoms with Gasteiger partial charge in [-0.2, -0.15) is 0 Å².